The first-order chi connectivity index (χ1) is 14.5. The molecule has 0 amide bonds. The normalized spacial score (nSPS) is 11.1. The molecular weight excluding hydrogens is 477 g/mol. The molecule has 0 saturated carbocycles. The molecule has 2 rings (SSSR count). The second-order valence-electron chi connectivity index (χ2n) is 5.97. The maximum atomic E-state index is 13.0. The predicted octanol–water partition coefficient (Wildman–Crippen LogP) is 5.89. The number of hydrogen-bond acceptors (Lipinski definition) is 6. The Morgan fingerprint density at radius 1 is 1.13 bits per heavy atom. The number of hydrogen-bond donors (Lipinski definition) is 2. The number of thiophene rings is 1. The van der Waals surface area contributed by atoms with Crippen molar-refractivity contribution in [3.63, 3.8) is 0 Å². The van der Waals surface area contributed by atoms with Crippen LogP contribution in [0.4, 0.5) is 23.9 Å². The topological polar surface area (TPSA) is 76.7 Å². The van der Waals surface area contributed by atoms with Gasteiger partial charge in [0.05, 0.1) is 35.1 Å². The number of esters is 2. The summed E-state index contributed by atoms with van der Waals surface area (Å²) in [5.41, 5.74) is -0.574. The molecule has 0 spiro atoms. The lowest BCUT2D eigenvalue weighted by atomic mass is 10.1. The number of halogens is 4. The van der Waals surface area contributed by atoms with Crippen molar-refractivity contribution in [2.75, 3.05) is 23.8 Å². The van der Waals surface area contributed by atoms with E-state index in [-0.39, 0.29) is 44.5 Å². The number of ether oxygens (including phenoxy) is 2. The van der Waals surface area contributed by atoms with E-state index in [1.54, 1.807) is 20.8 Å². The number of rotatable bonds is 6. The first-order valence-corrected chi connectivity index (χ1v) is 10.5. The molecule has 31 heavy (non-hydrogen) atoms. The third kappa shape index (κ3) is 6.08. The molecule has 168 valence electrons. The molecule has 0 atom stereocenters. The Labute approximate surface area is 190 Å². The molecule has 1 aromatic carbocycles. The van der Waals surface area contributed by atoms with E-state index in [0.29, 0.717) is 5.56 Å². The SMILES string of the molecule is CCOC(=O)c1sc(NC(=S)Nc2cc(C(F)(F)F)ccc2Cl)c(C(=O)OCC)c1C. The van der Waals surface area contributed by atoms with Crippen LogP contribution in [-0.2, 0) is 15.7 Å². The van der Waals surface area contributed by atoms with Crippen molar-refractivity contribution in [1.82, 2.24) is 0 Å². The zero-order valence-corrected chi connectivity index (χ0v) is 19.0. The Morgan fingerprint density at radius 2 is 1.74 bits per heavy atom. The lowest BCUT2D eigenvalue weighted by Crippen LogP contribution is -2.21. The van der Waals surface area contributed by atoms with Gasteiger partial charge in [-0.3, -0.25) is 0 Å². The molecule has 6 nitrogen and oxygen atoms in total. The van der Waals surface area contributed by atoms with Gasteiger partial charge in [0, 0.05) is 0 Å². The summed E-state index contributed by atoms with van der Waals surface area (Å²) in [6, 6.07) is 2.75. The predicted molar refractivity (Wildman–Crippen MR) is 117 cm³/mol. The number of nitrogens with one attached hydrogen (secondary N) is 2. The summed E-state index contributed by atoms with van der Waals surface area (Å²) in [6.07, 6.45) is -4.56. The summed E-state index contributed by atoms with van der Waals surface area (Å²) in [5.74, 6) is -1.31. The Bertz CT molecular complexity index is 1010. The van der Waals surface area contributed by atoms with Gasteiger partial charge < -0.3 is 20.1 Å². The van der Waals surface area contributed by atoms with Gasteiger partial charge in [-0.2, -0.15) is 13.2 Å². The minimum absolute atomic E-state index is 0.0114. The molecule has 0 aliphatic carbocycles. The maximum absolute atomic E-state index is 13.0. The second kappa shape index (κ2) is 10.3. The average molecular weight is 495 g/mol. The van der Waals surface area contributed by atoms with Gasteiger partial charge in [0.2, 0.25) is 0 Å². The van der Waals surface area contributed by atoms with E-state index in [0.717, 1.165) is 29.5 Å². The highest BCUT2D eigenvalue weighted by atomic mass is 35.5. The van der Waals surface area contributed by atoms with Crippen LogP contribution in [0.1, 0.15) is 45.0 Å². The van der Waals surface area contributed by atoms with Crippen LogP contribution >= 0.6 is 35.2 Å². The van der Waals surface area contributed by atoms with Gasteiger partial charge in [-0.1, -0.05) is 11.6 Å². The van der Waals surface area contributed by atoms with Crippen LogP contribution in [0.5, 0.6) is 0 Å². The van der Waals surface area contributed by atoms with E-state index in [1.165, 1.54) is 0 Å². The fraction of sp³-hybridized carbons (Fsp3) is 0.316. The fourth-order valence-corrected chi connectivity index (χ4v) is 4.03. The van der Waals surface area contributed by atoms with Gasteiger partial charge >= 0.3 is 18.1 Å². The van der Waals surface area contributed by atoms with Crippen molar-refractivity contribution in [3.05, 3.63) is 44.8 Å². The molecule has 0 saturated heterocycles. The molecule has 1 aromatic heterocycles. The quantitative estimate of drug-likeness (QED) is 0.383. The summed E-state index contributed by atoms with van der Waals surface area (Å²) in [4.78, 5) is 24.8. The number of alkyl halides is 3. The first kappa shape index (κ1) is 24.9. The summed E-state index contributed by atoms with van der Waals surface area (Å²) >= 11 is 12.1. The second-order valence-corrected chi connectivity index (χ2v) is 7.81. The van der Waals surface area contributed by atoms with E-state index in [1.807, 2.05) is 0 Å². The third-order valence-electron chi connectivity index (χ3n) is 3.86. The van der Waals surface area contributed by atoms with Crippen molar-refractivity contribution in [2.24, 2.45) is 0 Å². The highest BCUT2D eigenvalue weighted by Crippen LogP contribution is 2.36. The number of carbonyl (C=O) groups is 2. The molecule has 1 heterocycles. The van der Waals surface area contributed by atoms with Crippen molar-refractivity contribution in [1.29, 1.82) is 0 Å². The summed E-state index contributed by atoms with van der Waals surface area (Å²) in [5, 5.41) is 5.37. The first-order valence-electron chi connectivity index (χ1n) is 8.91. The van der Waals surface area contributed by atoms with Crippen molar-refractivity contribution >= 4 is 62.9 Å². The highest BCUT2D eigenvalue weighted by molar-refractivity contribution is 7.80. The molecule has 2 aromatic rings. The zero-order chi connectivity index (χ0) is 23.3. The monoisotopic (exact) mass is 494 g/mol. The standard InChI is InChI=1S/C19H18ClF3N2O4S2/c1-4-28-16(26)13-9(3)14(17(27)29-5-2)31-15(13)25-18(30)24-12-8-10(19(21,22)23)6-7-11(12)20/h6-8H,4-5H2,1-3H3,(H2,24,25,30). The van der Waals surface area contributed by atoms with Crippen molar-refractivity contribution in [2.45, 2.75) is 26.9 Å². The lowest BCUT2D eigenvalue weighted by molar-refractivity contribution is -0.137. The van der Waals surface area contributed by atoms with E-state index < -0.39 is 23.7 Å². The molecule has 12 heteroatoms. The van der Waals surface area contributed by atoms with Gasteiger partial charge in [0.1, 0.15) is 9.88 Å². The van der Waals surface area contributed by atoms with Crippen molar-refractivity contribution < 1.29 is 32.2 Å². The van der Waals surface area contributed by atoms with Gasteiger partial charge in [-0.05, 0) is 56.8 Å². The largest absolute Gasteiger partial charge is 0.462 e. The van der Waals surface area contributed by atoms with Crippen LogP contribution in [0, 0.1) is 6.92 Å². The summed E-state index contributed by atoms with van der Waals surface area (Å²) < 4.78 is 49.0. The lowest BCUT2D eigenvalue weighted by Gasteiger charge is -2.14. The maximum Gasteiger partial charge on any atom is 0.416 e. The molecule has 0 radical (unpaired) electrons. The van der Waals surface area contributed by atoms with E-state index in [4.69, 9.17) is 33.3 Å². The molecular formula is C19H18ClF3N2O4S2. The van der Waals surface area contributed by atoms with Gasteiger partial charge in [0.15, 0.2) is 5.11 Å². The van der Waals surface area contributed by atoms with E-state index in [9.17, 15) is 22.8 Å². The number of carbonyl (C=O) groups excluding carboxylic acids is 2. The number of anilines is 2. The van der Waals surface area contributed by atoms with Crippen molar-refractivity contribution in [3.8, 4) is 0 Å². The van der Waals surface area contributed by atoms with Crippen LogP contribution in [0.2, 0.25) is 5.02 Å². The van der Waals surface area contributed by atoms with Gasteiger partial charge in [-0.15, -0.1) is 11.3 Å². The molecule has 0 unspecified atom stereocenters. The summed E-state index contributed by atoms with van der Waals surface area (Å²) in [7, 11) is 0. The zero-order valence-electron chi connectivity index (χ0n) is 16.6. The average Bonchev–Trinajstić information content (AvgIpc) is 2.99. The number of thiocarbonyl (C=S) groups is 1. The van der Waals surface area contributed by atoms with Crippen LogP contribution in [-0.4, -0.2) is 30.3 Å². The third-order valence-corrected chi connectivity index (χ3v) is 5.58. The Hall–Kier alpha value is -2.37. The minimum atomic E-state index is -4.56. The van der Waals surface area contributed by atoms with Crippen LogP contribution in [0.3, 0.4) is 0 Å². The van der Waals surface area contributed by atoms with Gasteiger partial charge in [0.25, 0.3) is 0 Å². The highest BCUT2D eigenvalue weighted by Gasteiger charge is 2.31. The molecule has 0 bridgehead atoms. The Morgan fingerprint density at radius 3 is 2.32 bits per heavy atom. The molecule has 0 fully saturated rings. The van der Waals surface area contributed by atoms with E-state index >= 15 is 0 Å². The van der Waals surface area contributed by atoms with E-state index in [2.05, 4.69) is 10.6 Å². The fourth-order valence-electron chi connectivity index (χ4n) is 2.50. The van der Waals surface area contributed by atoms with Crippen LogP contribution < -0.4 is 10.6 Å². The summed E-state index contributed by atoms with van der Waals surface area (Å²) in [6.45, 7) is 5.07. The molecule has 2 N–H and O–H groups in total. The minimum Gasteiger partial charge on any atom is -0.462 e. The smallest absolute Gasteiger partial charge is 0.416 e. The van der Waals surface area contributed by atoms with Gasteiger partial charge in [-0.25, -0.2) is 9.59 Å². The molecule has 0 aliphatic heterocycles. The number of benzene rings is 1. The Kier molecular flexibility index (Phi) is 8.27. The van der Waals surface area contributed by atoms with Crippen LogP contribution in [0.25, 0.3) is 0 Å². The van der Waals surface area contributed by atoms with Crippen LogP contribution in [0.15, 0.2) is 18.2 Å². The molecule has 0 aliphatic rings. The Balaban J connectivity index is 2.35.